The first kappa shape index (κ1) is 30.7. The molecule has 8 nitrogen and oxygen atoms in total. The normalized spacial score (nSPS) is 12.8. The zero-order valence-electron chi connectivity index (χ0n) is 24.6. The van der Waals surface area contributed by atoms with E-state index in [0.29, 0.717) is 16.3 Å². The number of halogens is 3. The smallest absolute Gasteiger partial charge is 0.406 e. The van der Waals surface area contributed by atoms with E-state index in [1.54, 1.807) is 0 Å². The van der Waals surface area contributed by atoms with Crippen LogP contribution in [0.25, 0.3) is 22.8 Å². The summed E-state index contributed by atoms with van der Waals surface area (Å²) >= 11 is 1.44. The number of urea groups is 1. The molecule has 12 heteroatoms. The first-order valence-electron chi connectivity index (χ1n) is 13.9. The number of thiazole rings is 1. The van der Waals surface area contributed by atoms with Crippen molar-refractivity contribution in [2.45, 2.75) is 52.9 Å². The number of hydrogen-bond acceptors (Lipinski definition) is 5. The topological polar surface area (TPSA) is 86.3 Å². The molecular formula is C32H31F3N6O2S. The van der Waals surface area contributed by atoms with Crippen LogP contribution in [-0.2, 0) is 6.42 Å². The standard InChI is InChI=1S/C32H31F3N6O2S/c1-20-6-5-7-21(2)28(20)41-23(4)18-44-31(41)38-30(42)37-22(3)8-9-24-10-12-25(13-11-24)29-36-19-40(39-29)26-14-16-27(17-15-26)43-32(33,34)35/h5-7,10-19,22H,8-9H2,1-4H3,(H,37,42). The minimum absolute atomic E-state index is 0.0917. The Morgan fingerprint density at radius 2 is 1.70 bits per heavy atom. The minimum atomic E-state index is -4.75. The second-order valence-electron chi connectivity index (χ2n) is 10.5. The van der Waals surface area contributed by atoms with Gasteiger partial charge in [0.15, 0.2) is 10.6 Å². The summed E-state index contributed by atoms with van der Waals surface area (Å²) in [6.07, 6.45) is -1.78. The van der Waals surface area contributed by atoms with Crippen molar-refractivity contribution in [3.63, 3.8) is 0 Å². The molecule has 2 heterocycles. The molecule has 0 bridgehead atoms. The van der Waals surface area contributed by atoms with Crippen molar-refractivity contribution >= 4 is 17.4 Å². The predicted molar refractivity (Wildman–Crippen MR) is 163 cm³/mol. The van der Waals surface area contributed by atoms with Crippen molar-refractivity contribution in [1.82, 2.24) is 24.6 Å². The van der Waals surface area contributed by atoms with E-state index >= 15 is 0 Å². The van der Waals surface area contributed by atoms with Crippen LogP contribution in [0.3, 0.4) is 0 Å². The summed E-state index contributed by atoms with van der Waals surface area (Å²) in [5, 5.41) is 9.43. The molecule has 44 heavy (non-hydrogen) atoms. The summed E-state index contributed by atoms with van der Waals surface area (Å²) in [5.74, 6) is 0.177. The fourth-order valence-corrected chi connectivity index (χ4v) is 5.68. The van der Waals surface area contributed by atoms with Crippen LogP contribution in [0.2, 0.25) is 0 Å². The molecule has 0 aliphatic rings. The maximum absolute atomic E-state index is 12.8. The van der Waals surface area contributed by atoms with Gasteiger partial charge in [-0.25, -0.2) is 14.5 Å². The lowest BCUT2D eigenvalue weighted by Crippen LogP contribution is -2.32. The molecule has 5 rings (SSSR count). The van der Waals surface area contributed by atoms with Gasteiger partial charge in [-0.15, -0.1) is 29.6 Å². The van der Waals surface area contributed by atoms with Crippen LogP contribution in [0.4, 0.5) is 18.0 Å². The molecule has 0 spiro atoms. The van der Waals surface area contributed by atoms with Crippen molar-refractivity contribution in [2.75, 3.05) is 0 Å². The van der Waals surface area contributed by atoms with Crippen molar-refractivity contribution in [3.8, 4) is 28.5 Å². The molecule has 1 atom stereocenters. The molecule has 2 amide bonds. The van der Waals surface area contributed by atoms with Gasteiger partial charge in [0, 0.05) is 22.7 Å². The highest BCUT2D eigenvalue weighted by Gasteiger charge is 2.31. The van der Waals surface area contributed by atoms with E-state index in [1.165, 1.54) is 46.6 Å². The number of carbonyl (C=O) groups is 1. The zero-order valence-corrected chi connectivity index (χ0v) is 25.4. The van der Waals surface area contributed by atoms with Crippen LogP contribution in [-0.4, -0.2) is 37.8 Å². The zero-order chi connectivity index (χ0) is 31.4. The molecule has 0 aliphatic carbocycles. The number of aromatic nitrogens is 4. The summed E-state index contributed by atoms with van der Waals surface area (Å²) in [7, 11) is 0. The third kappa shape index (κ3) is 7.43. The third-order valence-electron chi connectivity index (χ3n) is 7.01. The van der Waals surface area contributed by atoms with Gasteiger partial charge in [-0.2, -0.15) is 4.99 Å². The van der Waals surface area contributed by atoms with E-state index in [-0.39, 0.29) is 17.8 Å². The monoisotopic (exact) mass is 620 g/mol. The Morgan fingerprint density at radius 1 is 1.02 bits per heavy atom. The van der Waals surface area contributed by atoms with Gasteiger partial charge in [0.05, 0.1) is 11.4 Å². The van der Waals surface area contributed by atoms with Gasteiger partial charge >= 0.3 is 12.4 Å². The van der Waals surface area contributed by atoms with Gasteiger partial charge in [-0.05, 0) is 81.5 Å². The average molecular weight is 621 g/mol. The van der Waals surface area contributed by atoms with Crippen LogP contribution < -0.4 is 14.9 Å². The highest BCUT2D eigenvalue weighted by molar-refractivity contribution is 7.07. The van der Waals surface area contributed by atoms with E-state index in [1.807, 2.05) is 54.1 Å². The molecule has 0 fully saturated rings. The van der Waals surface area contributed by atoms with Crippen LogP contribution in [0.15, 0.2) is 83.4 Å². The first-order valence-corrected chi connectivity index (χ1v) is 14.8. The number of benzene rings is 3. The highest BCUT2D eigenvalue weighted by Crippen LogP contribution is 2.24. The number of aryl methyl sites for hydroxylation is 4. The summed E-state index contributed by atoms with van der Waals surface area (Å²) < 4.78 is 44.6. The quantitative estimate of drug-likeness (QED) is 0.198. The SMILES string of the molecule is Cc1cccc(C)c1-n1c(C)csc1=NC(=O)NC(C)CCc1ccc(-c2ncn(-c3ccc(OC(F)(F)F)cc3)n2)cc1. The first-order chi connectivity index (χ1) is 21.0. The van der Waals surface area contributed by atoms with Crippen LogP contribution in [0, 0.1) is 20.8 Å². The largest absolute Gasteiger partial charge is 0.573 e. The molecular weight excluding hydrogens is 589 g/mol. The summed E-state index contributed by atoms with van der Waals surface area (Å²) in [6, 6.07) is 18.9. The second kappa shape index (κ2) is 12.9. The van der Waals surface area contributed by atoms with Crippen molar-refractivity contribution in [1.29, 1.82) is 0 Å². The molecule has 3 aromatic carbocycles. The lowest BCUT2D eigenvalue weighted by molar-refractivity contribution is -0.274. The van der Waals surface area contributed by atoms with Gasteiger partial charge in [0.2, 0.25) is 0 Å². The van der Waals surface area contributed by atoms with Gasteiger partial charge in [-0.3, -0.25) is 4.57 Å². The van der Waals surface area contributed by atoms with Crippen molar-refractivity contribution in [3.05, 3.63) is 106 Å². The molecule has 0 radical (unpaired) electrons. The van der Waals surface area contributed by atoms with Gasteiger partial charge in [0.1, 0.15) is 12.1 Å². The molecule has 5 aromatic rings. The maximum atomic E-state index is 12.8. The molecule has 0 saturated heterocycles. The van der Waals surface area contributed by atoms with Gasteiger partial charge in [0.25, 0.3) is 0 Å². The van der Waals surface area contributed by atoms with Crippen molar-refractivity contribution in [2.24, 2.45) is 4.99 Å². The van der Waals surface area contributed by atoms with Crippen molar-refractivity contribution < 1.29 is 22.7 Å². The highest BCUT2D eigenvalue weighted by atomic mass is 32.1. The number of alkyl halides is 3. The van der Waals surface area contributed by atoms with Gasteiger partial charge in [-0.1, -0.05) is 42.5 Å². The number of rotatable bonds is 8. The Hall–Kier alpha value is -4.71. The van der Waals surface area contributed by atoms with Crippen LogP contribution in [0.1, 0.15) is 35.7 Å². The Labute approximate surface area is 256 Å². The Balaban J connectivity index is 1.18. The van der Waals surface area contributed by atoms with E-state index in [9.17, 15) is 18.0 Å². The predicted octanol–water partition coefficient (Wildman–Crippen LogP) is 7.24. The second-order valence-corrected chi connectivity index (χ2v) is 11.3. The molecule has 228 valence electrons. The molecule has 0 aliphatic heterocycles. The Morgan fingerprint density at radius 3 is 2.36 bits per heavy atom. The Bertz CT molecular complexity index is 1800. The van der Waals surface area contributed by atoms with E-state index in [2.05, 4.69) is 51.1 Å². The molecule has 1 unspecified atom stereocenters. The number of carbonyl (C=O) groups excluding carboxylic acids is 1. The van der Waals surface area contributed by atoms with Crippen LogP contribution >= 0.6 is 11.3 Å². The number of ether oxygens (including phenoxy) is 1. The van der Waals surface area contributed by atoms with E-state index in [0.717, 1.165) is 46.5 Å². The fraction of sp³-hybridized carbons (Fsp3) is 0.250. The molecule has 0 saturated carbocycles. The number of nitrogens with one attached hydrogen (secondary N) is 1. The minimum Gasteiger partial charge on any atom is -0.406 e. The number of hydrogen-bond donors (Lipinski definition) is 1. The number of amides is 2. The average Bonchev–Trinajstić information content (AvgIpc) is 3.59. The van der Waals surface area contributed by atoms with E-state index < -0.39 is 6.36 Å². The molecule has 2 aromatic heterocycles. The number of nitrogens with zero attached hydrogens (tertiary/aromatic N) is 5. The van der Waals surface area contributed by atoms with Crippen LogP contribution in [0.5, 0.6) is 5.75 Å². The molecule has 1 N–H and O–H groups in total. The fourth-order valence-electron chi connectivity index (χ4n) is 4.83. The van der Waals surface area contributed by atoms with Gasteiger partial charge < -0.3 is 10.1 Å². The Kier molecular flexibility index (Phi) is 9.00. The maximum Gasteiger partial charge on any atom is 0.573 e. The number of para-hydroxylation sites is 1. The summed E-state index contributed by atoms with van der Waals surface area (Å²) in [4.78, 5) is 22.2. The third-order valence-corrected chi connectivity index (χ3v) is 7.96. The lowest BCUT2D eigenvalue weighted by atomic mass is 10.0. The van der Waals surface area contributed by atoms with E-state index in [4.69, 9.17) is 0 Å². The summed E-state index contributed by atoms with van der Waals surface area (Å²) in [5.41, 5.74) is 6.74. The lowest BCUT2D eigenvalue weighted by Gasteiger charge is -2.14. The summed E-state index contributed by atoms with van der Waals surface area (Å²) in [6.45, 7) is 8.07.